The van der Waals surface area contributed by atoms with E-state index in [1.807, 2.05) is 31.3 Å². The Kier molecular flexibility index (Phi) is 2.78. The SMILES string of the molecule is C[Si](C)(F)[Si](C)(C)c1ccccc1. The molecule has 0 bridgehead atoms. The Balaban J connectivity index is 3.08. The number of benzene rings is 1. The first-order chi connectivity index (χ1) is 5.86. The molecule has 0 atom stereocenters. The highest BCUT2D eigenvalue weighted by Gasteiger charge is 2.43. The summed E-state index contributed by atoms with van der Waals surface area (Å²) in [6.07, 6.45) is 0. The zero-order valence-corrected chi connectivity index (χ0v) is 10.8. The minimum atomic E-state index is -2.49. The molecule has 0 aliphatic heterocycles. The second kappa shape index (κ2) is 3.38. The van der Waals surface area contributed by atoms with Crippen LogP contribution in [-0.2, 0) is 0 Å². The van der Waals surface area contributed by atoms with Gasteiger partial charge in [-0.2, -0.15) is 0 Å². The van der Waals surface area contributed by atoms with Crippen LogP contribution in [-0.4, -0.2) is 15.5 Å². The van der Waals surface area contributed by atoms with Crippen LogP contribution in [0.25, 0.3) is 0 Å². The molecule has 0 heterocycles. The lowest BCUT2D eigenvalue weighted by molar-refractivity contribution is 0.828. The molecular weight excluding hydrogens is 195 g/mol. The van der Waals surface area contributed by atoms with Crippen molar-refractivity contribution in [1.82, 2.24) is 0 Å². The van der Waals surface area contributed by atoms with Crippen LogP contribution in [0, 0.1) is 0 Å². The van der Waals surface area contributed by atoms with Crippen molar-refractivity contribution in [1.29, 1.82) is 0 Å². The van der Waals surface area contributed by atoms with Gasteiger partial charge in [0.1, 0.15) is 7.59 Å². The van der Waals surface area contributed by atoms with Crippen molar-refractivity contribution >= 4 is 20.7 Å². The maximum Gasteiger partial charge on any atom is 0.232 e. The molecule has 0 aliphatic carbocycles. The second-order valence-corrected chi connectivity index (χ2v) is 18.6. The van der Waals surface area contributed by atoms with Gasteiger partial charge in [0.2, 0.25) is 7.93 Å². The molecule has 0 aliphatic rings. The summed E-state index contributed by atoms with van der Waals surface area (Å²) in [6.45, 7) is 7.92. The fraction of sp³-hybridized carbons (Fsp3) is 0.400. The molecule has 1 aromatic rings. The highest BCUT2D eigenvalue weighted by molar-refractivity contribution is 7.43. The molecule has 0 N–H and O–H groups in total. The minimum Gasteiger partial charge on any atom is -0.318 e. The van der Waals surface area contributed by atoms with E-state index < -0.39 is 15.5 Å². The van der Waals surface area contributed by atoms with Gasteiger partial charge in [0, 0.05) is 0 Å². The average Bonchev–Trinajstić information content (AvgIpc) is 2.04. The third-order valence-electron chi connectivity index (χ3n) is 2.98. The van der Waals surface area contributed by atoms with Crippen LogP contribution in [0.1, 0.15) is 0 Å². The van der Waals surface area contributed by atoms with E-state index in [0.29, 0.717) is 0 Å². The van der Waals surface area contributed by atoms with Crippen molar-refractivity contribution in [3.8, 4) is 0 Å². The molecule has 0 spiro atoms. The summed E-state index contributed by atoms with van der Waals surface area (Å²) in [4.78, 5) is 0. The molecule has 0 aromatic heterocycles. The molecule has 0 nitrogen and oxygen atoms in total. The van der Waals surface area contributed by atoms with E-state index in [2.05, 4.69) is 25.2 Å². The largest absolute Gasteiger partial charge is 0.318 e. The molecule has 0 saturated heterocycles. The van der Waals surface area contributed by atoms with Gasteiger partial charge in [0.15, 0.2) is 0 Å². The number of rotatable bonds is 2. The van der Waals surface area contributed by atoms with E-state index in [4.69, 9.17) is 0 Å². The van der Waals surface area contributed by atoms with Crippen LogP contribution in [0.4, 0.5) is 4.11 Å². The van der Waals surface area contributed by atoms with Crippen molar-refractivity contribution in [2.45, 2.75) is 26.2 Å². The van der Waals surface area contributed by atoms with Gasteiger partial charge in [-0.1, -0.05) is 48.6 Å². The monoisotopic (exact) mass is 212 g/mol. The van der Waals surface area contributed by atoms with Gasteiger partial charge in [-0.15, -0.1) is 0 Å². The molecule has 0 unspecified atom stereocenters. The third kappa shape index (κ3) is 2.09. The van der Waals surface area contributed by atoms with Gasteiger partial charge in [0.25, 0.3) is 0 Å². The Morgan fingerprint density at radius 1 is 0.923 bits per heavy atom. The van der Waals surface area contributed by atoms with E-state index in [1.54, 1.807) is 0 Å². The summed E-state index contributed by atoms with van der Waals surface area (Å²) >= 11 is 0. The molecule has 3 heteroatoms. The Morgan fingerprint density at radius 2 is 1.38 bits per heavy atom. The third-order valence-corrected chi connectivity index (χ3v) is 17.5. The average molecular weight is 212 g/mol. The molecule has 0 amide bonds. The predicted octanol–water partition coefficient (Wildman–Crippen LogP) is 2.86. The Bertz CT molecular complexity index is 275. The first-order valence-electron chi connectivity index (χ1n) is 4.60. The Labute approximate surface area is 81.8 Å². The van der Waals surface area contributed by atoms with Gasteiger partial charge >= 0.3 is 0 Å². The van der Waals surface area contributed by atoms with E-state index >= 15 is 0 Å². The van der Waals surface area contributed by atoms with E-state index in [9.17, 15) is 4.11 Å². The normalized spacial score (nSPS) is 13.0. The molecule has 0 fully saturated rings. The van der Waals surface area contributed by atoms with Crippen LogP contribution in [0.15, 0.2) is 30.3 Å². The summed E-state index contributed by atoms with van der Waals surface area (Å²) in [5.74, 6) is 0. The zero-order valence-electron chi connectivity index (χ0n) is 8.76. The predicted molar refractivity (Wildman–Crippen MR) is 62.1 cm³/mol. The lowest BCUT2D eigenvalue weighted by atomic mass is 10.4. The zero-order chi connectivity index (χ0) is 10.1. The van der Waals surface area contributed by atoms with Crippen molar-refractivity contribution in [2.24, 2.45) is 0 Å². The molecule has 1 rings (SSSR count). The number of hydrogen-bond acceptors (Lipinski definition) is 0. The minimum absolute atomic E-state index is 1.24. The highest BCUT2D eigenvalue weighted by atomic mass is 29.3. The van der Waals surface area contributed by atoms with Gasteiger partial charge in [-0.3, -0.25) is 0 Å². The lowest BCUT2D eigenvalue weighted by Crippen LogP contribution is -2.60. The fourth-order valence-electron chi connectivity index (χ4n) is 1.20. The van der Waals surface area contributed by atoms with Crippen LogP contribution in [0.2, 0.25) is 26.2 Å². The molecule has 0 radical (unpaired) electrons. The molecule has 13 heavy (non-hydrogen) atoms. The number of halogens is 1. The summed E-state index contributed by atoms with van der Waals surface area (Å²) in [6, 6.07) is 10.1. The summed E-state index contributed by atoms with van der Waals surface area (Å²) < 4.78 is 14.1. The topological polar surface area (TPSA) is 0 Å². The van der Waals surface area contributed by atoms with Crippen molar-refractivity contribution < 1.29 is 4.11 Å². The summed E-state index contributed by atoms with van der Waals surface area (Å²) in [5.41, 5.74) is 0. The molecular formula is C10H17FSi2. The second-order valence-electron chi connectivity index (χ2n) is 4.46. The molecule has 1 aromatic carbocycles. The van der Waals surface area contributed by atoms with Crippen LogP contribution < -0.4 is 5.19 Å². The van der Waals surface area contributed by atoms with Gasteiger partial charge in [0.05, 0.1) is 0 Å². The quantitative estimate of drug-likeness (QED) is 0.522. The maximum absolute atomic E-state index is 14.1. The summed E-state index contributed by atoms with van der Waals surface area (Å²) in [5, 5.41) is 1.24. The fourth-order valence-corrected chi connectivity index (χ4v) is 5.47. The van der Waals surface area contributed by atoms with E-state index in [0.717, 1.165) is 0 Å². The van der Waals surface area contributed by atoms with Gasteiger partial charge < -0.3 is 4.11 Å². The standard InChI is InChI=1S/C10H17FSi2/c1-12(2,13(3,4)11)10-8-6-5-7-9-10/h5-9H,1-4H3. The first kappa shape index (κ1) is 10.7. The van der Waals surface area contributed by atoms with Crippen LogP contribution in [0.5, 0.6) is 0 Å². The molecule has 0 saturated carbocycles. The Hall–Kier alpha value is -0.416. The first-order valence-corrected chi connectivity index (χ1v) is 11.5. The lowest BCUT2D eigenvalue weighted by Gasteiger charge is -2.30. The van der Waals surface area contributed by atoms with Crippen molar-refractivity contribution in [2.75, 3.05) is 0 Å². The summed E-state index contributed by atoms with van der Waals surface area (Å²) in [7, 11) is -4.30. The smallest absolute Gasteiger partial charge is 0.232 e. The van der Waals surface area contributed by atoms with Gasteiger partial charge in [-0.25, -0.2) is 0 Å². The van der Waals surface area contributed by atoms with Crippen LogP contribution >= 0.6 is 0 Å². The number of hydrogen-bond donors (Lipinski definition) is 0. The highest BCUT2D eigenvalue weighted by Crippen LogP contribution is 2.19. The van der Waals surface area contributed by atoms with Crippen molar-refractivity contribution in [3.05, 3.63) is 30.3 Å². The van der Waals surface area contributed by atoms with Gasteiger partial charge in [-0.05, 0) is 13.1 Å². The van der Waals surface area contributed by atoms with E-state index in [1.165, 1.54) is 5.19 Å². The Morgan fingerprint density at radius 3 is 1.77 bits per heavy atom. The maximum atomic E-state index is 14.1. The van der Waals surface area contributed by atoms with E-state index in [-0.39, 0.29) is 0 Å². The molecule has 72 valence electrons. The van der Waals surface area contributed by atoms with Crippen LogP contribution in [0.3, 0.4) is 0 Å². The van der Waals surface area contributed by atoms with Crippen molar-refractivity contribution in [3.63, 3.8) is 0 Å².